The van der Waals surface area contributed by atoms with Crippen LogP contribution >= 0.6 is 11.8 Å². The van der Waals surface area contributed by atoms with E-state index in [9.17, 15) is 4.79 Å². The summed E-state index contributed by atoms with van der Waals surface area (Å²) in [4.78, 5) is 12.1. The molecule has 0 spiro atoms. The predicted octanol–water partition coefficient (Wildman–Crippen LogP) is 2.93. The maximum Gasteiger partial charge on any atom is 0.223 e. The minimum atomic E-state index is 0.122. The lowest BCUT2D eigenvalue weighted by Gasteiger charge is -2.17. The molecule has 1 fully saturated rings. The van der Waals surface area contributed by atoms with Crippen LogP contribution in [0.2, 0.25) is 0 Å². The van der Waals surface area contributed by atoms with Crippen molar-refractivity contribution >= 4 is 17.7 Å². The van der Waals surface area contributed by atoms with Gasteiger partial charge in [0.25, 0.3) is 0 Å². The monoisotopic (exact) mass is 286 g/mol. The molecule has 1 aliphatic carbocycles. The second-order valence-electron chi connectivity index (χ2n) is 5.91. The van der Waals surface area contributed by atoms with Crippen LogP contribution in [-0.2, 0) is 4.79 Å². The number of carbonyl (C=O) groups excluding carboxylic acids is 1. The maximum atomic E-state index is 12.1. The Morgan fingerprint density at radius 3 is 2.74 bits per heavy atom. The van der Waals surface area contributed by atoms with Gasteiger partial charge in [-0.1, -0.05) is 20.3 Å². The van der Waals surface area contributed by atoms with E-state index in [1.807, 2.05) is 25.6 Å². The largest absolute Gasteiger partial charge is 0.353 e. The van der Waals surface area contributed by atoms with Crippen molar-refractivity contribution in [2.24, 2.45) is 11.7 Å². The van der Waals surface area contributed by atoms with Gasteiger partial charge in [0.15, 0.2) is 0 Å². The molecule has 0 aromatic carbocycles. The highest BCUT2D eigenvalue weighted by Crippen LogP contribution is 2.29. The van der Waals surface area contributed by atoms with Gasteiger partial charge in [-0.3, -0.25) is 4.79 Å². The van der Waals surface area contributed by atoms with Crippen molar-refractivity contribution in [3.05, 3.63) is 0 Å². The first-order valence-corrected chi connectivity index (χ1v) is 8.75. The van der Waals surface area contributed by atoms with Crippen LogP contribution in [-0.4, -0.2) is 29.0 Å². The summed E-state index contributed by atoms with van der Waals surface area (Å²) in [5.74, 6) is 1.53. The van der Waals surface area contributed by atoms with Gasteiger partial charge >= 0.3 is 0 Å². The average Bonchev–Trinajstić information content (AvgIpc) is 2.76. The van der Waals surface area contributed by atoms with E-state index < -0.39 is 0 Å². The third kappa shape index (κ3) is 6.66. The van der Waals surface area contributed by atoms with Gasteiger partial charge in [0.05, 0.1) is 0 Å². The quantitative estimate of drug-likeness (QED) is 0.721. The van der Waals surface area contributed by atoms with Crippen LogP contribution in [0.5, 0.6) is 0 Å². The van der Waals surface area contributed by atoms with Crippen LogP contribution in [0.3, 0.4) is 0 Å². The molecule has 112 valence electrons. The number of rotatable bonds is 8. The Morgan fingerprint density at radius 2 is 2.11 bits per heavy atom. The summed E-state index contributed by atoms with van der Waals surface area (Å²) >= 11 is 2.03. The van der Waals surface area contributed by atoms with Gasteiger partial charge in [-0.15, -0.1) is 0 Å². The van der Waals surface area contributed by atoms with Crippen molar-refractivity contribution in [2.75, 3.05) is 5.75 Å². The zero-order valence-electron chi connectivity index (χ0n) is 12.7. The summed E-state index contributed by atoms with van der Waals surface area (Å²) in [6, 6.07) is 0.657. The highest BCUT2D eigenvalue weighted by Gasteiger charge is 2.26. The fraction of sp³-hybridized carbons (Fsp3) is 0.933. The number of amides is 1. The Kier molecular flexibility index (Phi) is 7.84. The van der Waals surface area contributed by atoms with Gasteiger partial charge in [0.1, 0.15) is 0 Å². The highest BCUT2D eigenvalue weighted by atomic mass is 32.2. The molecule has 0 aromatic rings. The maximum absolute atomic E-state index is 12.1. The standard InChI is InChI=1S/C15H30N2OS/c1-4-19-14-9-8-13(10-14)17-15(18)11(2)6-5-7-12(3)16/h11-14H,4-10,16H2,1-3H3,(H,17,18). The van der Waals surface area contributed by atoms with E-state index in [1.165, 1.54) is 12.2 Å². The molecule has 0 saturated heterocycles. The minimum Gasteiger partial charge on any atom is -0.353 e. The fourth-order valence-electron chi connectivity index (χ4n) is 2.68. The highest BCUT2D eigenvalue weighted by molar-refractivity contribution is 7.99. The molecule has 0 aromatic heterocycles. The molecule has 3 nitrogen and oxygen atoms in total. The van der Waals surface area contributed by atoms with Crippen LogP contribution in [0.25, 0.3) is 0 Å². The van der Waals surface area contributed by atoms with E-state index in [-0.39, 0.29) is 17.9 Å². The van der Waals surface area contributed by atoms with Gasteiger partial charge in [-0.2, -0.15) is 11.8 Å². The van der Waals surface area contributed by atoms with Crippen LogP contribution < -0.4 is 11.1 Å². The van der Waals surface area contributed by atoms with E-state index >= 15 is 0 Å². The summed E-state index contributed by atoms with van der Waals surface area (Å²) in [6.45, 7) is 6.26. The normalized spacial score (nSPS) is 26.1. The van der Waals surface area contributed by atoms with E-state index in [4.69, 9.17) is 5.73 Å². The second-order valence-corrected chi connectivity index (χ2v) is 7.48. The number of nitrogens with one attached hydrogen (secondary N) is 1. The van der Waals surface area contributed by atoms with E-state index in [2.05, 4.69) is 12.2 Å². The second kappa shape index (κ2) is 8.85. The van der Waals surface area contributed by atoms with E-state index in [1.54, 1.807) is 0 Å². The molecular formula is C15H30N2OS. The number of carbonyl (C=O) groups is 1. The lowest BCUT2D eigenvalue weighted by Crippen LogP contribution is -2.36. The zero-order valence-corrected chi connectivity index (χ0v) is 13.5. The minimum absolute atomic E-state index is 0.122. The lowest BCUT2D eigenvalue weighted by atomic mass is 10.0. The number of hydrogen-bond acceptors (Lipinski definition) is 3. The van der Waals surface area contributed by atoms with Crippen LogP contribution in [0.4, 0.5) is 0 Å². The summed E-state index contributed by atoms with van der Waals surface area (Å²) in [7, 11) is 0. The van der Waals surface area contributed by atoms with Gasteiger partial charge in [0.2, 0.25) is 5.91 Å². The molecule has 1 amide bonds. The fourth-order valence-corrected chi connectivity index (χ4v) is 3.82. The molecule has 0 heterocycles. The lowest BCUT2D eigenvalue weighted by molar-refractivity contribution is -0.125. The van der Waals surface area contributed by atoms with Gasteiger partial charge in [-0.05, 0) is 44.8 Å². The number of thioether (sulfide) groups is 1. The van der Waals surface area contributed by atoms with E-state index in [0.717, 1.165) is 37.4 Å². The van der Waals surface area contributed by atoms with Crippen molar-refractivity contribution in [1.29, 1.82) is 0 Å². The molecule has 4 unspecified atom stereocenters. The van der Waals surface area contributed by atoms with Crippen molar-refractivity contribution in [2.45, 2.75) is 76.6 Å². The smallest absolute Gasteiger partial charge is 0.223 e. The summed E-state index contributed by atoms with van der Waals surface area (Å²) in [5, 5.41) is 3.98. The van der Waals surface area contributed by atoms with Gasteiger partial charge in [0, 0.05) is 23.3 Å². The number of nitrogens with two attached hydrogens (primary N) is 1. The first-order valence-electron chi connectivity index (χ1n) is 7.70. The Morgan fingerprint density at radius 1 is 1.37 bits per heavy atom. The van der Waals surface area contributed by atoms with E-state index in [0.29, 0.717) is 6.04 Å². The molecule has 4 heteroatoms. The molecule has 3 N–H and O–H groups in total. The SMILES string of the molecule is CCSC1CCC(NC(=O)C(C)CCCC(C)N)C1. The third-order valence-corrected chi connectivity index (χ3v) is 5.11. The van der Waals surface area contributed by atoms with Gasteiger partial charge in [-0.25, -0.2) is 0 Å². The van der Waals surface area contributed by atoms with Crippen molar-refractivity contribution < 1.29 is 4.79 Å². The third-order valence-electron chi connectivity index (χ3n) is 3.88. The van der Waals surface area contributed by atoms with Crippen LogP contribution in [0.1, 0.15) is 59.3 Å². The zero-order chi connectivity index (χ0) is 14.3. The topological polar surface area (TPSA) is 55.1 Å². The first-order chi connectivity index (χ1) is 9.02. The summed E-state index contributed by atoms with van der Waals surface area (Å²) in [5.41, 5.74) is 5.73. The first kappa shape index (κ1) is 16.8. The Balaban J connectivity index is 2.19. The van der Waals surface area contributed by atoms with Gasteiger partial charge < -0.3 is 11.1 Å². The Labute approximate surface area is 122 Å². The molecule has 0 bridgehead atoms. The van der Waals surface area contributed by atoms with Crippen LogP contribution in [0, 0.1) is 5.92 Å². The molecule has 0 aliphatic heterocycles. The Hall–Kier alpha value is -0.220. The predicted molar refractivity (Wildman–Crippen MR) is 84.4 cm³/mol. The molecule has 0 radical (unpaired) electrons. The molecule has 19 heavy (non-hydrogen) atoms. The molecule has 1 rings (SSSR count). The van der Waals surface area contributed by atoms with Crippen molar-refractivity contribution in [3.63, 3.8) is 0 Å². The molecule has 1 saturated carbocycles. The molecule has 4 atom stereocenters. The summed E-state index contributed by atoms with van der Waals surface area (Å²) in [6.07, 6.45) is 6.56. The van der Waals surface area contributed by atoms with Crippen molar-refractivity contribution in [3.8, 4) is 0 Å². The Bertz CT molecular complexity index is 271. The molecular weight excluding hydrogens is 256 g/mol. The number of hydrogen-bond donors (Lipinski definition) is 2. The average molecular weight is 286 g/mol. The molecule has 1 aliphatic rings. The van der Waals surface area contributed by atoms with Crippen molar-refractivity contribution in [1.82, 2.24) is 5.32 Å². The van der Waals surface area contributed by atoms with Crippen LogP contribution in [0.15, 0.2) is 0 Å². The summed E-state index contributed by atoms with van der Waals surface area (Å²) < 4.78 is 0.